The van der Waals surface area contributed by atoms with Gasteiger partial charge in [0.25, 0.3) is 0 Å². The summed E-state index contributed by atoms with van der Waals surface area (Å²) in [6.07, 6.45) is 3.24. The van der Waals surface area contributed by atoms with Gasteiger partial charge in [-0.2, -0.15) is 0 Å². The van der Waals surface area contributed by atoms with Gasteiger partial charge in [0.1, 0.15) is 11.5 Å². The van der Waals surface area contributed by atoms with E-state index in [4.69, 9.17) is 15.2 Å². The maximum Gasteiger partial charge on any atom is 0.139 e. The maximum absolute atomic E-state index is 5.66. The summed E-state index contributed by atoms with van der Waals surface area (Å²) in [5.41, 5.74) is 8.04. The molecule has 0 spiro atoms. The minimum atomic E-state index is 0.634. The summed E-state index contributed by atoms with van der Waals surface area (Å²) in [6.45, 7) is 4.92. The van der Waals surface area contributed by atoms with Crippen molar-refractivity contribution in [3.63, 3.8) is 0 Å². The average molecular weight is 283 g/mol. The molecule has 2 N–H and O–H groups in total. The van der Waals surface area contributed by atoms with Crippen molar-refractivity contribution < 1.29 is 9.47 Å². The molecular weight excluding hydrogens is 258 g/mol. The zero-order valence-corrected chi connectivity index (χ0v) is 13.2. The van der Waals surface area contributed by atoms with E-state index in [1.165, 1.54) is 24.0 Å². The third kappa shape index (κ3) is 4.05. The lowest BCUT2D eigenvalue weighted by Gasteiger charge is -2.18. The Morgan fingerprint density at radius 2 is 2.00 bits per heavy atom. The molecule has 0 radical (unpaired) electrons. The highest BCUT2D eigenvalue weighted by Crippen LogP contribution is 2.42. The molecule has 0 aliphatic carbocycles. The molecule has 1 rings (SSSR count). The number of methoxy groups -OCH3 is 2. The zero-order valence-electron chi connectivity index (χ0n) is 12.4. The van der Waals surface area contributed by atoms with E-state index in [0.717, 1.165) is 28.6 Å². The van der Waals surface area contributed by atoms with Crippen LogP contribution in [0.1, 0.15) is 30.9 Å². The second kappa shape index (κ2) is 8.33. The van der Waals surface area contributed by atoms with E-state index in [1.807, 2.05) is 11.8 Å². The van der Waals surface area contributed by atoms with Crippen LogP contribution in [0, 0.1) is 6.92 Å². The van der Waals surface area contributed by atoms with E-state index < -0.39 is 0 Å². The highest BCUT2D eigenvalue weighted by Gasteiger charge is 2.17. The Hall–Kier alpha value is -0.870. The van der Waals surface area contributed by atoms with Crippen molar-refractivity contribution in [2.75, 3.05) is 26.5 Å². The summed E-state index contributed by atoms with van der Waals surface area (Å²) in [5, 5.41) is 0. The third-order valence-corrected chi connectivity index (χ3v) is 4.31. The smallest absolute Gasteiger partial charge is 0.139 e. The first kappa shape index (κ1) is 16.2. The molecule has 4 heteroatoms. The van der Waals surface area contributed by atoms with Crippen LogP contribution >= 0.6 is 11.8 Å². The Kier molecular flexibility index (Phi) is 7.10. The minimum Gasteiger partial charge on any atom is -0.495 e. The molecule has 0 fully saturated rings. The molecule has 108 valence electrons. The predicted molar refractivity (Wildman–Crippen MR) is 82.7 cm³/mol. The Morgan fingerprint density at radius 3 is 2.53 bits per heavy atom. The fourth-order valence-corrected chi connectivity index (χ4v) is 3.32. The summed E-state index contributed by atoms with van der Waals surface area (Å²) in [5.74, 6) is 2.91. The van der Waals surface area contributed by atoms with Gasteiger partial charge in [0.2, 0.25) is 0 Å². The SMILES string of the molecule is CCCCSc1c(OC)cc(CCN)c(C)c1OC. The number of rotatable bonds is 8. The van der Waals surface area contributed by atoms with E-state index >= 15 is 0 Å². The van der Waals surface area contributed by atoms with Crippen LogP contribution in [0.25, 0.3) is 0 Å². The lowest BCUT2D eigenvalue weighted by molar-refractivity contribution is 0.373. The molecule has 19 heavy (non-hydrogen) atoms. The summed E-state index contributed by atoms with van der Waals surface area (Å²) in [6, 6.07) is 2.10. The molecule has 3 nitrogen and oxygen atoms in total. The van der Waals surface area contributed by atoms with Crippen LogP contribution < -0.4 is 15.2 Å². The number of unbranched alkanes of at least 4 members (excludes halogenated alkanes) is 1. The first-order chi connectivity index (χ1) is 9.19. The maximum atomic E-state index is 5.66. The number of thioether (sulfide) groups is 1. The van der Waals surface area contributed by atoms with Crippen molar-refractivity contribution in [1.82, 2.24) is 0 Å². The van der Waals surface area contributed by atoms with Gasteiger partial charge in [-0.05, 0) is 49.3 Å². The van der Waals surface area contributed by atoms with Gasteiger partial charge in [-0.3, -0.25) is 0 Å². The Balaban J connectivity index is 3.14. The van der Waals surface area contributed by atoms with E-state index in [2.05, 4.69) is 19.9 Å². The Labute approximate surface area is 120 Å². The van der Waals surface area contributed by atoms with Crippen LogP contribution in [-0.2, 0) is 6.42 Å². The highest BCUT2D eigenvalue weighted by molar-refractivity contribution is 7.99. The van der Waals surface area contributed by atoms with Gasteiger partial charge in [0.15, 0.2) is 0 Å². The molecule has 0 heterocycles. The zero-order chi connectivity index (χ0) is 14.3. The van der Waals surface area contributed by atoms with Crippen molar-refractivity contribution in [3.8, 4) is 11.5 Å². The summed E-state index contributed by atoms with van der Waals surface area (Å²) < 4.78 is 11.1. The van der Waals surface area contributed by atoms with Gasteiger partial charge < -0.3 is 15.2 Å². The third-order valence-electron chi connectivity index (χ3n) is 3.14. The fraction of sp³-hybridized carbons (Fsp3) is 0.600. The van der Waals surface area contributed by atoms with Gasteiger partial charge in [0.05, 0.1) is 19.1 Å². The molecule has 1 aromatic carbocycles. The molecule has 0 unspecified atom stereocenters. The van der Waals surface area contributed by atoms with Crippen LogP contribution in [0.5, 0.6) is 11.5 Å². The van der Waals surface area contributed by atoms with Gasteiger partial charge in [-0.1, -0.05) is 13.3 Å². The highest BCUT2D eigenvalue weighted by atomic mass is 32.2. The lowest BCUT2D eigenvalue weighted by atomic mass is 10.0. The topological polar surface area (TPSA) is 44.5 Å². The Morgan fingerprint density at radius 1 is 1.26 bits per heavy atom. The summed E-state index contributed by atoms with van der Waals surface area (Å²) in [7, 11) is 3.43. The van der Waals surface area contributed by atoms with Crippen molar-refractivity contribution in [1.29, 1.82) is 0 Å². The second-order valence-corrected chi connectivity index (χ2v) is 5.57. The standard InChI is InChI=1S/C15H25NO2S/c1-5-6-9-19-15-13(17-3)10-12(7-8-16)11(2)14(15)18-4/h10H,5-9,16H2,1-4H3. The first-order valence-corrected chi connectivity index (χ1v) is 7.75. The lowest BCUT2D eigenvalue weighted by Crippen LogP contribution is -2.06. The first-order valence-electron chi connectivity index (χ1n) is 6.76. The van der Waals surface area contributed by atoms with Gasteiger partial charge >= 0.3 is 0 Å². The van der Waals surface area contributed by atoms with E-state index in [9.17, 15) is 0 Å². The number of nitrogens with two attached hydrogens (primary N) is 1. The van der Waals surface area contributed by atoms with Gasteiger partial charge in [-0.25, -0.2) is 0 Å². The van der Waals surface area contributed by atoms with E-state index in [-0.39, 0.29) is 0 Å². The van der Waals surface area contributed by atoms with Crippen molar-refractivity contribution in [2.45, 2.75) is 38.0 Å². The second-order valence-electron chi connectivity index (χ2n) is 4.47. The van der Waals surface area contributed by atoms with Gasteiger partial charge in [0, 0.05) is 0 Å². The number of hydrogen-bond acceptors (Lipinski definition) is 4. The molecule has 1 aromatic rings. The van der Waals surface area contributed by atoms with Crippen molar-refractivity contribution in [3.05, 3.63) is 17.2 Å². The van der Waals surface area contributed by atoms with Crippen LogP contribution in [0.3, 0.4) is 0 Å². The monoisotopic (exact) mass is 283 g/mol. The molecule has 0 amide bonds. The molecular formula is C15H25NO2S. The van der Waals surface area contributed by atoms with Crippen molar-refractivity contribution in [2.24, 2.45) is 5.73 Å². The van der Waals surface area contributed by atoms with Crippen LogP contribution in [-0.4, -0.2) is 26.5 Å². The predicted octanol–water partition coefficient (Wildman–Crippen LogP) is 3.41. The quantitative estimate of drug-likeness (QED) is 0.586. The molecule has 0 aliphatic heterocycles. The normalized spacial score (nSPS) is 10.6. The molecule has 0 saturated carbocycles. The minimum absolute atomic E-state index is 0.634. The average Bonchev–Trinajstić information content (AvgIpc) is 2.42. The van der Waals surface area contributed by atoms with E-state index in [0.29, 0.717) is 6.54 Å². The fourth-order valence-electron chi connectivity index (χ4n) is 2.03. The molecule has 0 atom stereocenters. The number of ether oxygens (including phenoxy) is 2. The molecule has 0 aromatic heterocycles. The summed E-state index contributed by atoms with van der Waals surface area (Å²) >= 11 is 1.81. The Bertz CT molecular complexity index is 408. The number of benzene rings is 1. The van der Waals surface area contributed by atoms with Crippen LogP contribution in [0.2, 0.25) is 0 Å². The molecule has 0 aliphatic rings. The van der Waals surface area contributed by atoms with Crippen LogP contribution in [0.4, 0.5) is 0 Å². The van der Waals surface area contributed by atoms with E-state index in [1.54, 1.807) is 14.2 Å². The van der Waals surface area contributed by atoms with Crippen molar-refractivity contribution >= 4 is 11.8 Å². The largest absolute Gasteiger partial charge is 0.495 e. The van der Waals surface area contributed by atoms with Crippen LogP contribution in [0.15, 0.2) is 11.0 Å². The molecule has 0 saturated heterocycles. The van der Waals surface area contributed by atoms with Gasteiger partial charge in [-0.15, -0.1) is 11.8 Å². The number of hydrogen-bond donors (Lipinski definition) is 1. The molecule has 0 bridgehead atoms. The summed E-state index contributed by atoms with van der Waals surface area (Å²) in [4.78, 5) is 1.11.